The van der Waals surface area contributed by atoms with Crippen molar-refractivity contribution in [1.29, 1.82) is 0 Å². The van der Waals surface area contributed by atoms with Crippen LogP contribution in [0.2, 0.25) is 5.02 Å². The second kappa shape index (κ2) is 4.97. The molecule has 84 valence electrons. The molecule has 2 rings (SSSR count). The molecule has 1 atom stereocenters. The van der Waals surface area contributed by atoms with Crippen molar-refractivity contribution in [3.63, 3.8) is 0 Å². The van der Waals surface area contributed by atoms with Crippen LogP contribution in [0, 0.1) is 6.92 Å². The molecular formula is C12H13ClN2S. The number of aryl methyl sites for hydroxylation is 1. The zero-order valence-corrected chi connectivity index (χ0v) is 10.5. The molecule has 1 heterocycles. The third kappa shape index (κ3) is 2.28. The number of halogens is 1. The zero-order valence-electron chi connectivity index (χ0n) is 8.91. The highest BCUT2D eigenvalue weighted by atomic mass is 35.5. The van der Waals surface area contributed by atoms with Gasteiger partial charge in [-0.3, -0.25) is 5.84 Å². The highest BCUT2D eigenvalue weighted by molar-refractivity contribution is 7.08. The summed E-state index contributed by atoms with van der Waals surface area (Å²) in [4.78, 5) is 0. The van der Waals surface area contributed by atoms with Crippen LogP contribution in [0.4, 0.5) is 0 Å². The highest BCUT2D eigenvalue weighted by Crippen LogP contribution is 2.26. The fraction of sp³-hybridized carbons (Fsp3) is 0.167. The van der Waals surface area contributed by atoms with Gasteiger partial charge < -0.3 is 0 Å². The molecule has 0 saturated carbocycles. The number of nitrogens with two attached hydrogens (primary N) is 1. The summed E-state index contributed by atoms with van der Waals surface area (Å²) in [6.07, 6.45) is 0. The van der Waals surface area contributed by atoms with Crippen LogP contribution in [-0.2, 0) is 0 Å². The van der Waals surface area contributed by atoms with Gasteiger partial charge in [0, 0.05) is 5.02 Å². The average Bonchev–Trinajstić information content (AvgIpc) is 2.78. The molecule has 0 spiro atoms. The minimum Gasteiger partial charge on any atom is -0.271 e. The van der Waals surface area contributed by atoms with Crippen molar-refractivity contribution in [1.82, 2.24) is 5.43 Å². The molecule has 2 aromatic rings. The quantitative estimate of drug-likeness (QED) is 0.650. The minimum atomic E-state index is 0.00403. The molecule has 16 heavy (non-hydrogen) atoms. The predicted molar refractivity (Wildman–Crippen MR) is 69.7 cm³/mol. The van der Waals surface area contributed by atoms with Gasteiger partial charge >= 0.3 is 0 Å². The van der Waals surface area contributed by atoms with E-state index in [9.17, 15) is 0 Å². The molecular weight excluding hydrogens is 240 g/mol. The Kier molecular flexibility index (Phi) is 3.61. The maximum atomic E-state index is 6.11. The second-order valence-electron chi connectivity index (χ2n) is 3.66. The van der Waals surface area contributed by atoms with Gasteiger partial charge in [-0.2, -0.15) is 11.3 Å². The Labute approximate surface area is 104 Å². The second-order valence-corrected chi connectivity index (χ2v) is 4.85. The van der Waals surface area contributed by atoms with Gasteiger partial charge in [0.1, 0.15) is 0 Å². The maximum Gasteiger partial charge on any atom is 0.0718 e. The molecule has 0 bridgehead atoms. The van der Waals surface area contributed by atoms with E-state index < -0.39 is 0 Å². The number of rotatable bonds is 3. The third-order valence-corrected chi connectivity index (χ3v) is 3.68. The van der Waals surface area contributed by atoms with Gasteiger partial charge in [-0.05, 0) is 46.5 Å². The van der Waals surface area contributed by atoms with Crippen molar-refractivity contribution in [2.24, 2.45) is 5.84 Å². The van der Waals surface area contributed by atoms with E-state index in [1.807, 2.05) is 30.5 Å². The zero-order chi connectivity index (χ0) is 11.5. The molecule has 1 aromatic carbocycles. The summed E-state index contributed by atoms with van der Waals surface area (Å²) in [7, 11) is 0. The molecule has 0 aliphatic rings. The van der Waals surface area contributed by atoms with Crippen LogP contribution >= 0.6 is 22.9 Å². The van der Waals surface area contributed by atoms with Gasteiger partial charge in [-0.25, -0.2) is 5.43 Å². The van der Waals surface area contributed by atoms with Crippen LogP contribution in [0.25, 0.3) is 0 Å². The Morgan fingerprint density at radius 3 is 2.69 bits per heavy atom. The molecule has 0 fully saturated rings. The van der Waals surface area contributed by atoms with Gasteiger partial charge in [0.05, 0.1) is 6.04 Å². The van der Waals surface area contributed by atoms with Gasteiger partial charge in [0.25, 0.3) is 0 Å². The first kappa shape index (κ1) is 11.6. The summed E-state index contributed by atoms with van der Waals surface area (Å²) in [6.45, 7) is 1.99. The standard InChI is InChI=1S/C12H13ClN2S/c1-8-2-3-9(6-11(8)13)12(15-14)10-4-5-16-7-10/h2-7,12,15H,14H2,1H3. The summed E-state index contributed by atoms with van der Waals surface area (Å²) in [5, 5.41) is 4.89. The van der Waals surface area contributed by atoms with E-state index in [0.29, 0.717) is 0 Å². The van der Waals surface area contributed by atoms with Crippen molar-refractivity contribution >= 4 is 22.9 Å². The fourth-order valence-electron chi connectivity index (χ4n) is 1.61. The summed E-state index contributed by atoms with van der Waals surface area (Å²) in [6, 6.07) is 8.07. The van der Waals surface area contributed by atoms with E-state index in [4.69, 9.17) is 17.4 Å². The number of hydrazine groups is 1. The third-order valence-electron chi connectivity index (χ3n) is 2.57. The lowest BCUT2D eigenvalue weighted by Gasteiger charge is -2.15. The van der Waals surface area contributed by atoms with Crippen LogP contribution in [0.3, 0.4) is 0 Å². The fourth-order valence-corrected chi connectivity index (χ4v) is 2.49. The Bertz CT molecular complexity index is 468. The van der Waals surface area contributed by atoms with Gasteiger partial charge in [-0.15, -0.1) is 0 Å². The monoisotopic (exact) mass is 252 g/mol. The summed E-state index contributed by atoms with van der Waals surface area (Å²) in [5.41, 5.74) is 6.13. The first-order valence-corrected chi connectivity index (χ1v) is 6.28. The van der Waals surface area contributed by atoms with Crippen molar-refractivity contribution < 1.29 is 0 Å². The Balaban J connectivity index is 2.37. The van der Waals surface area contributed by atoms with E-state index in [1.54, 1.807) is 11.3 Å². The maximum absolute atomic E-state index is 6.11. The molecule has 3 N–H and O–H groups in total. The van der Waals surface area contributed by atoms with Gasteiger partial charge in [-0.1, -0.05) is 23.7 Å². The molecule has 4 heteroatoms. The van der Waals surface area contributed by atoms with Gasteiger partial charge in [0.15, 0.2) is 0 Å². The number of hydrogen-bond donors (Lipinski definition) is 2. The van der Waals surface area contributed by atoms with Crippen molar-refractivity contribution in [3.8, 4) is 0 Å². The molecule has 2 nitrogen and oxygen atoms in total. The summed E-state index contributed by atoms with van der Waals surface area (Å²) in [5.74, 6) is 5.60. The van der Waals surface area contributed by atoms with Crippen molar-refractivity contribution in [2.75, 3.05) is 0 Å². The van der Waals surface area contributed by atoms with Crippen molar-refractivity contribution in [2.45, 2.75) is 13.0 Å². The molecule has 0 saturated heterocycles. The normalized spacial score (nSPS) is 12.7. The lowest BCUT2D eigenvalue weighted by Crippen LogP contribution is -2.28. The molecule has 0 radical (unpaired) electrons. The minimum absolute atomic E-state index is 0.00403. The van der Waals surface area contributed by atoms with Crippen LogP contribution in [0.15, 0.2) is 35.0 Å². The SMILES string of the molecule is Cc1ccc(C(NN)c2ccsc2)cc1Cl. The number of nitrogens with one attached hydrogen (secondary N) is 1. The average molecular weight is 253 g/mol. The van der Waals surface area contributed by atoms with Gasteiger partial charge in [0.2, 0.25) is 0 Å². The van der Waals surface area contributed by atoms with E-state index in [2.05, 4.69) is 16.9 Å². The van der Waals surface area contributed by atoms with E-state index in [0.717, 1.165) is 21.7 Å². The molecule has 0 amide bonds. The smallest absolute Gasteiger partial charge is 0.0718 e. The van der Waals surface area contributed by atoms with Crippen LogP contribution in [0.5, 0.6) is 0 Å². The van der Waals surface area contributed by atoms with E-state index in [-0.39, 0.29) is 6.04 Å². The van der Waals surface area contributed by atoms with Crippen LogP contribution < -0.4 is 11.3 Å². The molecule has 0 aliphatic heterocycles. The predicted octanol–water partition coefficient (Wildman–Crippen LogP) is 3.26. The first-order chi connectivity index (χ1) is 7.72. The molecule has 0 aliphatic carbocycles. The Hall–Kier alpha value is -0.870. The van der Waals surface area contributed by atoms with Crippen LogP contribution in [0.1, 0.15) is 22.7 Å². The number of thiophene rings is 1. The summed E-state index contributed by atoms with van der Waals surface area (Å²) >= 11 is 7.77. The lowest BCUT2D eigenvalue weighted by molar-refractivity contribution is 0.639. The van der Waals surface area contributed by atoms with E-state index in [1.165, 1.54) is 0 Å². The van der Waals surface area contributed by atoms with Crippen LogP contribution in [-0.4, -0.2) is 0 Å². The number of hydrogen-bond acceptors (Lipinski definition) is 3. The Morgan fingerprint density at radius 2 is 2.12 bits per heavy atom. The Morgan fingerprint density at radius 1 is 1.31 bits per heavy atom. The molecule has 1 unspecified atom stereocenters. The molecule has 1 aromatic heterocycles. The van der Waals surface area contributed by atoms with E-state index >= 15 is 0 Å². The number of benzene rings is 1. The largest absolute Gasteiger partial charge is 0.271 e. The highest BCUT2D eigenvalue weighted by Gasteiger charge is 2.13. The first-order valence-electron chi connectivity index (χ1n) is 4.96. The summed E-state index contributed by atoms with van der Waals surface area (Å²) < 4.78 is 0. The lowest BCUT2D eigenvalue weighted by atomic mass is 10.0. The topological polar surface area (TPSA) is 38.0 Å². The van der Waals surface area contributed by atoms with Crippen molar-refractivity contribution in [3.05, 3.63) is 56.7 Å².